The second-order valence-corrected chi connectivity index (χ2v) is 20.4. The second-order valence-electron chi connectivity index (χ2n) is 20.4. The molecule has 0 atom stereocenters. The molecule has 0 unspecified atom stereocenters. The van der Waals surface area contributed by atoms with Gasteiger partial charge in [0, 0.05) is 34.0 Å². The van der Waals surface area contributed by atoms with Crippen molar-refractivity contribution in [2.45, 2.75) is 86.5 Å². The van der Waals surface area contributed by atoms with Crippen LogP contribution in [0.15, 0.2) is 103 Å². The molecule has 0 N–H and O–H groups in total. The third-order valence-electron chi connectivity index (χ3n) is 13.5. The predicted molar refractivity (Wildman–Crippen MR) is 243 cm³/mol. The molecule has 0 aromatic heterocycles. The smallest absolute Gasteiger partial charge is 0.252 e. The van der Waals surface area contributed by atoms with E-state index in [-0.39, 0.29) is 23.0 Å². The number of fused-ring (bicyclic) bond motifs is 7. The normalized spacial score (nSPS) is 17.7. The summed E-state index contributed by atoms with van der Waals surface area (Å²) in [6, 6.07) is 39.8. The first kappa shape index (κ1) is 35.7. The van der Waals surface area contributed by atoms with E-state index >= 15 is 0 Å². The highest BCUT2D eigenvalue weighted by Gasteiger charge is 2.46. The van der Waals surface area contributed by atoms with Gasteiger partial charge in [0.15, 0.2) is 11.5 Å². The quantitative estimate of drug-likeness (QED) is 0.168. The molecule has 6 aromatic carbocycles. The molecule has 2 aliphatic carbocycles. The average Bonchev–Trinajstić information content (AvgIpc) is 3.67. The van der Waals surface area contributed by atoms with Crippen LogP contribution in [0.25, 0.3) is 11.1 Å². The fourth-order valence-electron chi connectivity index (χ4n) is 11.0. The van der Waals surface area contributed by atoms with Gasteiger partial charge in [0.2, 0.25) is 0 Å². The molecule has 290 valence electrons. The van der Waals surface area contributed by atoms with Crippen LogP contribution >= 0.6 is 0 Å². The molecule has 11 rings (SSSR count). The minimum atomic E-state index is -0.0298. The highest BCUT2D eigenvalue weighted by atomic mass is 16.6. The summed E-state index contributed by atoms with van der Waals surface area (Å²) < 4.78 is 13.1. The van der Waals surface area contributed by atoms with E-state index in [1.54, 1.807) is 0 Å². The van der Waals surface area contributed by atoms with Gasteiger partial charge in [-0.3, -0.25) is 0 Å². The van der Waals surface area contributed by atoms with Crippen molar-refractivity contribution in [2.24, 2.45) is 10.8 Å². The lowest BCUT2D eigenvalue weighted by Gasteiger charge is -2.45. The van der Waals surface area contributed by atoms with Crippen LogP contribution in [0.1, 0.15) is 81.8 Å². The van der Waals surface area contributed by atoms with Crippen molar-refractivity contribution < 1.29 is 9.47 Å². The Morgan fingerprint density at radius 3 is 1.98 bits per heavy atom. The molecule has 0 radical (unpaired) electrons. The first-order chi connectivity index (χ1) is 27.7. The largest absolute Gasteiger partial charge is 0.486 e. The van der Waals surface area contributed by atoms with Gasteiger partial charge >= 0.3 is 0 Å². The Labute approximate surface area is 344 Å². The van der Waals surface area contributed by atoms with Crippen LogP contribution in [-0.2, 0) is 31.1 Å². The molecule has 3 aliphatic heterocycles. The third-order valence-corrected chi connectivity index (χ3v) is 13.5. The van der Waals surface area contributed by atoms with Crippen LogP contribution < -0.4 is 35.7 Å². The Kier molecular flexibility index (Phi) is 7.58. The van der Waals surface area contributed by atoms with Gasteiger partial charge in [-0.1, -0.05) is 103 Å². The van der Waals surface area contributed by atoms with E-state index in [2.05, 4.69) is 168 Å². The highest BCUT2D eigenvalue weighted by molar-refractivity contribution is 7.00. The zero-order valence-corrected chi connectivity index (χ0v) is 35.3. The molecule has 0 spiro atoms. The molecule has 0 amide bonds. The maximum atomic E-state index is 6.70. The van der Waals surface area contributed by atoms with Crippen molar-refractivity contribution in [3.05, 3.63) is 137 Å². The second kappa shape index (κ2) is 12.3. The number of aryl methyl sites for hydroxylation is 1. The Hall–Kier alpha value is -5.42. The summed E-state index contributed by atoms with van der Waals surface area (Å²) in [6.07, 6.45) is 4.42. The molecular formula is C53H53BN2O2. The molecule has 0 saturated heterocycles. The predicted octanol–water partition coefficient (Wildman–Crippen LogP) is 11.1. The molecule has 3 heterocycles. The van der Waals surface area contributed by atoms with Crippen molar-refractivity contribution in [1.82, 2.24) is 0 Å². The minimum absolute atomic E-state index is 0.0298. The Morgan fingerprint density at radius 2 is 1.24 bits per heavy atom. The van der Waals surface area contributed by atoms with Crippen LogP contribution in [0.4, 0.5) is 34.1 Å². The van der Waals surface area contributed by atoms with E-state index in [4.69, 9.17) is 9.47 Å². The van der Waals surface area contributed by atoms with Gasteiger partial charge in [0.05, 0.1) is 0 Å². The first-order valence-electron chi connectivity index (χ1n) is 21.4. The van der Waals surface area contributed by atoms with Crippen LogP contribution in [-0.4, -0.2) is 19.9 Å². The number of ether oxygens (including phenoxy) is 2. The Balaban J connectivity index is 1.25. The van der Waals surface area contributed by atoms with Crippen LogP contribution in [0, 0.1) is 17.8 Å². The Bertz CT molecular complexity index is 2700. The number of anilines is 6. The monoisotopic (exact) mass is 760 g/mol. The van der Waals surface area contributed by atoms with E-state index in [0.29, 0.717) is 13.2 Å². The minimum Gasteiger partial charge on any atom is -0.486 e. The van der Waals surface area contributed by atoms with Crippen molar-refractivity contribution in [1.29, 1.82) is 0 Å². The van der Waals surface area contributed by atoms with Gasteiger partial charge < -0.3 is 19.3 Å². The zero-order chi connectivity index (χ0) is 39.9. The molecule has 6 aromatic rings. The summed E-state index contributed by atoms with van der Waals surface area (Å²) in [7, 11) is 0. The molecule has 0 bridgehead atoms. The van der Waals surface area contributed by atoms with Crippen LogP contribution in [0.5, 0.6) is 11.5 Å². The van der Waals surface area contributed by atoms with E-state index in [1.165, 1.54) is 78.2 Å². The van der Waals surface area contributed by atoms with Gasteiger partial charge in [-0.05, 0) is 153 Å². The summed E-state index contributed by atoms with van der Waals surface area (Å²) in [5.41, 5.74) is 22.7. The standard InChI is InChI=1S/C53H53BN2O2/c1-32-22-45-48-46(23-32)56(49-40(33-12-10-9-11-13-33)17-19-47-50(49)58-21-20-57-47)43-18-15-38(51(2,3)4)27-42(43)54(48)41-25-36-30-53(7,8)31-37(36)26-44(41)55(45)39-16-14-34-28-52(5,6)29-35(34)24-39/h9-19,22-27H,20-21,28-31H2,1-8H3. The van der Waals surface area contributed by atoms with Gasteiger partial charge in [-0.2, -0.15) is 0 Å². The maximum absolute atomic E-state index is 6.70. The highest BCUT2D eigenvalue weighted by Crippen LogP contribution is 2.54. The third kappa shape index (κ3) is 5.48. The maximum Gasteiger partial charge on any atom is 0.252 e. The number of nitrogens with zero attached hydrogens (tertiary/aromatic N) is 2. The van der Waals surface area contributed by atoms with Gasteiger partial charge in [-0.15, -0.1) is 0 Å². The van der Waals surface area contributed by atoms with Crippen molar-refractivity contribution in [3.8, 4) is 22.6 Å². The number of benzene rings is 6. The number of hydrogen-bond acceptors (Lipinski definition) is 4. The topological polar surface area (TPSA) is 24.9 Å². The molecule has 5 heteroatoms. The Morgan fingerprint density at radius 1 is 0.586 bits per heavy atom. The van der Waals surface area contributed by atoms with Gasteiger partial charge in [0.1, 0.15) is 18.9 Å². The molecule has 5 aliphatic rings. The van der Waals surface area contributed by atoms with Crippen molar-refractivity contribution >= 4 is 57.2 Å². The lowest BCUT2D eigenvalue weighted by molar-refractivity contribution is 0.172. The van der Waals surface area contributed by atoms with Crippen molar-refractivity contribution in [2.75, 3.05) is 23.0 Å². The van der Waals surface area contributed by atoms with Gasteiger partial charge in [-0.25, -0.2) is 0 Å². The van der Waals surface area contributed by atoms with Crippen LogP contribution in [0.2, 0.25) is 0 Å². The van der Waals surface area contributed by atoms with Crippen molar-refractivity contribution in [3.63, 3.8) is 0 Å². The van der Waals surface area contributed by atoms with E-state index < -0.39 is 0 Å². The summed E-state index contributed by atoms with van der Waals surface area (Å²) in [6.45, 7) is 20.1. The summed E-state index contributed by atoms with van der Waals surface area (Å²) in [4.78, 5) is 5.16. The first-order valence-corrected chi connectivity index (χ1v) is 21.4. The number of rotatable bonds is 3. The molecule has 0 fully saturated rings. The zero-order valence-electron chi connectivity index (χ0n) is 35.3. The fraction of sp³-hybridized carbons (Fsp3) is 0.321. The number of hydrogen-bond donors (Lipinski definition) is 0. The summed E-state index contributed by atoms with van der Waals surface area (Å²) in [5.74, 6) is 1.60. The van der Waals surface area contributed by atoms with E-state index in [9.17, 15) is 0 Å². The molecule has 4 nitrogen and oxygen atoms in total. The SMILES string of the molecule is Cc1cc2c3c(c1)N(c1c(-c4ccccc4)ccc4c1OCCO4)c1ccc(C(C)(C)C)cc1B3c1cc3c(cc1N2c1ccc2c(c1)CC(C)(C)C2)CC(C)(C)C3. The molecular weight excluding hydrogens is 707 g/mol. The molecule has 58 heavy (non-hydrogen) atoms. The molecule has 0 saturated carbocycles. The van der Waals surface area contributed by atoms with Crippen LogP contribution in [0.3, 0.4) is 0 Å². The van der Waals surface area contributed by atoms with E-state index in [1.807, 2.05) is 0 Å². The average molecular weight is 761 g/mol. The van der Waals surface area contributed by atoms with E-state index in [0.717, 1.165) is 54.0 Å². The summed E-state index contributed by atoms with van der Waals surface area (Å²) >= 11 is 0. The lowest BCUT2D eigenvalue weighted by atomic mass is 9.33. The fourth-order valence-corrected chi connectivity index (χ4v) is 11.0. The lowest BCUT2D eigenvalue weighted by Crippen LogP contribution is -2.61. The summed E-state index contributed by atoms with van der Waals surface area (Å²) in [5, 5.41) is 0. The van der Waals surface area contributed by atoms with Gasteiger partial charge in [0.25, 0.3) is 6.71 Å².